The summed E-state index contributed by atoms with van der Waals surface area (Å²) in [5, 5.41) is 13.5. The van der Waals surface area contributed by atoms with Gasteiger partial charge in [0.1, 0.15) is 0 Å². The third kappa shape index (κ3) is 3.38. The molecule has 0 radical (unpaired) electrons. The topological polar surface area (TPSA) is 88.6 Å². The van der Waals surface area contributed by atoms with Crippen LogP contribution in [0.1, 0.15) is 16.5 Å². The van der Waals surface area contributed by atoms with E-state index in [9.17, 15) is 8.42 Å². The van der Waals surface area contributed by atoms with Gasteiger partial charge in [-0.3, -0.25) is 4.98 Å². The van der Waals surface area contributed by atoms with E-state index in [0.29, 0.717) is 11.3 Å². The summed E-state index contributed by atoms with van der Waals surface area (Å²) in [4.78, 5) is 4.53. The van der Waals surface area contributed by atoms with Gasteiger partial charge in [0, 0.05) is 23.3 Å². The molecule has 0 aliphatic carbocycles. The minimum Gasteiger partial charge on any atom is -0.256 e. The second-order valence-electron chi connectivity index (χ2n) is 6.86. The van der Waals surface area contributed by atoms with Crippen LogP contribution in [0, 0.1) is 18.3 Å². The molecule has 30 heavy (non-hydrogen) atoms. The van der Waals surface area contributed by atoms with Gasteiger partial charge in [0.05, 0.1) is 27.7 Å². The van der Waals surface area contributed by atoms with Crippen LogP contribution in [0.5, 0.6) is 0 Å². The Kier molecular flexibility index (Phi) is 4.94. The van der Waals surface area contributed by atoms with Gasteiger partial charge < -0.3 is 0 Å². The Balaban J connectivity index is 1.75. The minimum atomic E-state index is -3.86. The Morgan fingerprint density at radius 1 is 1.17 bits per heavy atom. The molecule has 0 aliphatic heterocycles. The molecule has 2 aromatic heterocycles. The maximum absolute atomic E-state index is 13.3. The molecule has 1 unspecified atom stereocenters. The largest absolute Gasteiger partial charge is 0.256 e. The maximum atomic E-state index is 13.3. The Labute approximate surface area is 174 Å². The van der Waals surface area contributed by atoms with Crippen molar-refractivity contribution in [1.82, 2.24) is 14.8 Å². The van der Waals surface area contributed by atoms with Gasteiger partial charge >= 0.3 is 0 Å². The number of rotatable bonds is 5. The molecule has 0 N–H and O–H groups in total. The summed E-state index contributed by atoms with van der Waals surface area (Å²) < 4.78 is 28.0. The van der Waals surface area contributed by atoms with E-state index < -0.39 is 15.2 Å². The Morgan fingerprint density at radius 3 is 2.73 bits per heavy atom. The summed E-state index contributed by atoms with van der Waals surface area (Å²) in [6.07, 6.45) is 4.66. The number of sulfone groups is 1. The number of fused-ring (bicyclic) bond motifs is 1. The molecule has 2 heterocycles. The number of aryl methyl sites for hydroxylation is 1. The van der Waals surface area contributed by atoms with E-state index in [1.54, 1.807) is 37.5 Å². The van der Waals surface area contributed by atoms with Gasteiger partial charge in [0.25, 0.3) is 0 Å². The number of nitriles is 1. The second-order valence-corrected chi connectivity index (χ2v) is 8.87. The van der Waals surface area contributed by atoms with Crippen LogP contribution in [0.3, 0.4) is 0 Å². The summed E-state index contributed by atoms with van der Waals surface area (Å²) >= 11 is 0. The number of para-hydroxylation sites is 1. The molecule has 0 spiro atoms. The van der Waals surface area contributed by atoms with Gasteiger partial charge in [-0.2, -0.15) is 10.4 Å². The fourth-order valence-electron chi connectivity index (χ4n) is 3.33. The van der Waals surface area contributed by atoms with Crippen LogP contribution in [0.25, 0.3) is 22.2 Å². The lowest BCUT2D eigenvalue weighted by atomic mass is 10.1. The first kappa shape index (κ1) is 19.6. The molecular formula is C23H18N4O2S. The first-order chi connectivity index (χ1) is 14.4. The molecule has 0 saturated heterocycles. The standard InChI is InChI=1S/C23H18N4O2S/c1-3-23(30(28,29)22-12-17(14-24)9-8-16(22)2)27-11-10-21(26-27)19-13-18-6-4-5-7-20(18)25-15-19/h3-13,15,23H,1H2,2H3. The highest BCUT2D eigenvalue weighted by molar-refractivity contribution is 7.91. The molecule has 0 fully saturated rings. The molecule has 0 saturated carbocycles. The first-order valence-corrected chi connectivity index (χ1v) is 10.8. The predicted octanol–water partition coefficient (Wildman–Crippen LogP) is 4.44. The monoisotopic (exact) mass is 414 g/mol. The summed E-state index contributed by atoms with van der Waals surface area (Å²) in [5.74, 6) is 0. The highest BCUT2D eigenvalue weighted by Gasteiger charge is 2.29. The third-order valence-corrected chi connectivity index (χ3v) is 7.00. The molecule has 7 heteroatoms. The third-order valence-electron chi connectivity index (χ3n) is 4.90. The van der Waals surface area contributed by atoms with Crippen molar-refractivity contribution in [2.24, 2.45) is 0 Å². The van der Waals surface area contributed by atoms with Crippen LogP contribution in [0.2, 0.25) is 0 Å². The minimum absolute atomic E-state index is 0.0934. The van der Waals surface area contributed by atoms with Crippen molar-refractivity contribution in [3.05, 3.63) is 90.8 Å². The molecule has 4 aromatic rings. The van der Waals surface area contributed by atoms with Crippen molar-refractivity contribution in [3.8, 4) is 17.3 Å². The van der Waals surface area contributed by atoms with E-state index >= 15 is 0 Å². The van der Waals surface area contributed by atoms with Gasteiger partial charge in [-0.1, -0.05) is 36.9 Å². The van der Waals surface area contributed by atoms with E-state index in [0.717, 1.165) is 16.5 Å². The average Bonchev–Trinajstić information content (AvgIpc) is 3.23. The van der Waals surface area contributed by atoms with Gasteiger partial charge in [0.15, 0.2) is 5.37 Å². The zero-order valence-corrected chi connectivity index (χ0v) is 17.0. The Morgan fingerprint density at radius 2 is 1.97 bits per heavy atom. The summed E-state index contributed by atoms with van der Waals surface area (Å²) in [5.41, 5.74) is 3.12. The van der Waals surface area contributed by atoms with Crippen LogP contribution in [0.4, 0.5) is 0 Å². The number of hydrogen-bond acceptors (Lipinski definition) is 5. The molecule has 6 nitrogen and oxygen atoms in total. The fraction of sp³-hybridized carbons (Fsp3) is 0.0870. The fourth-order valence-corrected chi connectivity index (χ4v) is 5.05. The van der Waals surface area contributed by atoms with Crippen molar-refractivity contribution in [2.45, 2.75) is 17.2 Å². The molecule has 2 aromatic carbocycles. The number of aromatic nitrogens is 3. The van der Waals surface area contributed by atoms with Crippen molar-refractivity contribution < 1.29 is 8.42 Å². The van der Waals surface area contributed by atoms with Crippen molar-refractivity contribution >= 4 is 20.7 Å². The molecular weight excluding hydrogens is 396 g/mol. The van der Waals surface area contributed by atoms with Gasteiger partial charge in [-0.25, -0.2) is 13.1 Å². The number of hydrogen-bond donors (Lipinski definition) is 0. The summed E-state index contributed by atoms with van der Waals surface area (Å²) in [6.45, 7) is 5.40. The van der Waals surface area contributed by atoms with E-state index in [-0.39, 0.29) is 10.5 Å². The average molecular weight is 414 g/mol. The zero-order chi connectivity index (χ0) is 21.3. The summed E-state index contributed by atoms with van der Waals surface area (Å²) in [6, 6.07) is 18.0. The van der Waals surface area contributed by atoms with Crippen LogP contribution < -0.4 is 0 Å². The highest BCUT2D eigenvalue weighted by Crippen LogP contribution is 2.29. The van der Waals surface area contributed by atoms with Crippen molar-refractivity contribution in [3.63, 3.8) is 0 Å². The lowest BCUT2D eigenvalue weighted by molar-refractivity contribution is 0.556. The van der Waals surface area contributed by atoms with Gasteiger partial charge in [0.2, 0.25) is 9.84 Å². The van der Waals surface area contributed by atoms with Gasteiger partial charge in [-0.15, -0.1) is 0 Å². The molecule has 4 rings (SSSR count). The molecule has 0 bridgehead atoms. The highest BCUT2D eigenvalue weighted by atomic mass is 32.2. The first-order valence-electron chi connectivity index (χ1n) is 9.21. The van der Waals surface area contributed by atoms with Crippen molar-refractivity contribution in [1.29, 1.82) is 5.26 Å². The van der Waals surface area contributed by atoms with Crippen LogP contribution >= 0.6 is 0 Å². The molecule has 148 valence electrons. The molecule has 1 atom stereocenters. The quantitative estimate of drug-likeness (QED) is 0.451. The normalized spacial score (nSPS) is 12.4. The van der Waals surface area contributed by atoms with E-state index in [2.05, 4.69) is 16.7 Å². The van der Waals surface area contributed by atoms with Crippen LogP contribution in [-0.2, 0) is 9.84 Å². The lowest BCUT2D eigenvalue weighted by Gasteiger charge is -2.16. The molecule has 0 aliphatic rings. The smallest absolute Gasteiger partial charge is 0.205 e. The number of pyridine rings is 1. The van der Waals surface area contributed by atoms with Gasteiger partial charge in [-0.05, 0) is 42.8 Å². The number of benzene rings is 2. The zero-order valence-electron chi connectivity index (χ0n) is 16.2. The van der Waals surface area contributed by atoms with Crippen LogP contribution in [-0.4, -0.2) is 23.2 Å². The van der Waals surface area contributed by atoms with E-state index in [1.165, 1.54) is 16.8 Å². The predicted molar refractivity (Wildman–Crippen MR) is 115 cm³/mol. The Bertz CT molecular complexity index is 1410. The lowest BCUT2D eigenvalue weighted by Crippen LogP contribution is -2.19. The van der Waals surface area contributed by atoms with Crippen molar-refractivity contribution in [2.75, 3.05) is 0 Å². The number of nitrogens with zero attached hydrogens (tertiary/aromatic N) is 4. The SMILES string of the molecule is C=CC(n1ccc(-c2cnc3ccccc3c2)n1)S(=O)(=O)c1cc(C#N)ccc1C. The molecule has 0 amide bonds. The maximum Gasteiger partial charge on any atom is 0.205 e. The second kappa shape index (κ2) is 7.58. The van der Waals surface area contributed by atoms with Crippen LogP contribution in [0.15, 0.2) is 84.5 Å². The summed E-state index contributed by atoms with van der Waals surface area (Å²) in [7, 11) is -3.86. The Hall–Kier alpha value is -3.76. The van der Waals surface area contributed by atoms with E-state index in [4.69, 9.17) is 5.26 Å². The van der Waals surface area contributed by atoms with E-state index in [1.807, 2.05) is 36.4 Å².